The average Bonchev–Trinajstić information content (AvgIpc) is 2.99. The summed E-state index contributed by atoms with van der Waals surface area (Å²) in [5, 5.41) is 13.4. The second-order valence-corrected chi connectivity index (χ2v) is 11.2. The van der Waals surface area contributed by atoms with Crippen LogP contribution in [0.2, 0.25) is 0 Å². The van der Waals surface area contributed by atoms with Crippen molar-refractivity contribution in [2.24, 2.45) is 5.92 Å². The molecular formula is C33H52N2O7. The predicted octanol–water partition coefficient (Wildman–Crippen LogP) is 3.65. The van der Waals surface area contributed by atoms with Gasteiger partial charge >= 0.3 is 0 Å². The monoisotopic (exact) mass is 588 g/mol. The Morgan fingerprint density at radius 1 is 1.00 bits per heavy atom. The van der Waals surface area contributed by atoms with Gasteiger partial charge in [0.25, 0.3) is 0 Å². The highest BCUT2D eigenvalue weighted by atomic mass is 16.5. The lowest BCUT2D eigenvalue weighted by Crippen LogP contribution is -2.51. The van der Waals surface area contributed by atoms with Crippen LogP contribution in [0.1, 0.15) is 37.3 Å². The molecule has 236 valence electrons. The van der Waals surface area contributed by atoms with Crippen LogP contribution in [0, 0.1) is 5.92 Å². The summed E-state index contributed by atoms with van der Waals surface area (Å²) in [5.74, 6) is 0.363. The van der Waals surface area contributed by atoms with Gasteiger partial charge in [0, 0.05) is 52.3 Å². The summed E-state index contributed by atoms with van der Waals surface area (Å²) in [7, 11) is 3.44. The molecule has 5 atom stereocenters. The minimum absolute atomic E-state index is 0.00947. The molecule has 2 heterocycles. The van der Waals surface area contributed by atoms with E-state index in [1.54, 1.807) is 27.4 Å². The number of nitrogens with one attached hydrogen (secondary N) is 1. The molecule has 0 aliphatic carbocycles. The van der Waals surface area contributed by atoms with Gasteiger partial charge in [-0.3, -0.25) is 0 Å². The van der Waals surface area contributed by atoms with Crippen LogP contribution < -0.4 is 5.32 Å². The third kappa shape index (κ3) is 12.6. The third-order valence-electron chi connectivity index (χ3n) is 7.27. The summed E-state index contributed by atoms with van der Waals surface area (Å²) >= 11 is 0. The summed E-state index contributed by atoms with van der Waals surface area (Å²) in [5.41, 5.74) is 3.33. The van der Waals surface area contributed by atoms with Crippen LogP contribution >= 0.6 is 0 Å². The van der Waals surface area contributed by atoms with Crippen LogP contribution in [-0.4, -0.2) is 108 Å². The zero-order chi connectivity index (χ0) is 30.0. The van der Waals surface area contributed by atoms with Crippen LogP contribution in [0.15, 0.2) is 60.5 Å². The summed E-state index contributed by atoms with van der Waals surface area (Å²) < 4.78 is 34.8. The van der Waals surface area contributed by atoms with Gasteiger partial charge in [-0.2, -0.15) is 0 Å². The first-order valence-corrected chi connectivity index (χ1v) is 15.2. The third-order valence-corrected chi connectivity index (χ3v) is 7.27. The summed E-state index contributed by atoms with van der Waals surface area (Å²) in [6.07, 6.45) is 10.1. The molecule has 1 aromatic rings. The highest BCUT2D eigenvalue weighted by molar-refractivity contribution is 5.29. The van der Waals surface area contributed by atoms with E-state index in [4.69, 9.17) is 28.4 Å². The van der Waals surface area contributed by atoms with E-state index in [0.717, 1.165) is 42.8 Å². The Hall–Kier alpha value is -2.24. The highest BCUT2D eigenvalue weighted by Crippen LogP contribution is 2.31. The van der Waals surface area contributed by atoms with Gasteiger partial charge in [0.15, 0.2) is 0 Å². The Balaban J connectivity index is 1.69. The molecule has 42 heavy (non-hydrogen) atoms. The van der Waals surface area contributed by atoms with E-state index < -0.39 is 6.10 Å². The predicted molar refractivity (Wildman–Crippen MR) is 164 cm³/mol. The number of nitrogens with zero attached hydrogens (tertiary/aromatic N) is 1. The summed E-state index contributed by atoms with van der Waals surface area (Å²) in [6, 6.07) is 8.55. The number of ether oxygens (including phenoxy) is 6. The molecule has 2 N–H and O–H groups in total. The quantitative estimate of drug-likeness (QED) is 0.265. The first-order valence-electron chi connectivity index (χ1n) is 15.2. The fourth-order valence-corrected chi connectivity index (χ4v) is 5.11. The minimum Gasteiger partial charge on any atom is -0.499 e. The van der Waals surface area contributed by atoms with Gasteiger partial charge in [-0.15, -0.1) is 0 Å². The molecule has 2 aliphatic heterocycles. The fourth-order valence-electron chi connectivity index (χ4n) is 5.11. The second-order valence-electron chi connectivity index (χ2n) is 11.2. The molecule has 1 saturated heterocycles. The first-order chi connectivity index (χ1) is 20.5. The number of allylic oxidation sites excluding steroid dienone is 2. The summed E-state index contributed by atoms with van der Waals surface area (Å²) in [4.78, 5) is 2.25. The van der Waals surface area contributed by atoms with Crippen molar-refractivity contribution in [3.8, 4) is 0 Å². The number of aliphatic hydroxyl groups is 1. The maximum atomic E-state index is 9.91. The Kier molecular flexibility index (Phi) is 16.2. The minimum atomic E-state index is -0.536. The molecule has 3 rings (SSSR count). The summed E-state index contributed by atoms with van der Waals surface area (Å²) in [6.45, 7) is 11.0. The van der Waals surface area contributed by atoms with Crippen LogP contribution in [0.3, 0.4) is 0 Å². The van der Waals surface area contributed by atoms with Crippen LogP contribution in [0.4, 0.5) is 0 Å². The lowest BCUT2D eigenvalue weighted by Gasteiger charge is -2.39. The average molecular weight is 589 g/mol. The highest BCUT2D eigenvalue weighted by Gasteiger charge is 2.36. The number of piperidine rings is 1. The normalized spacial score (nSPS) is 25.6. The lowest BCUT2D eigenvalue weighted by molar-refractivity contribution is -0.0672. The van der Waals surface area contributed by atoms with Crippen molar-refractivity contribution in [2.75, 3.05) is 80.0 Å². The Labute approximate surface area is 252 Å². The van der Waals surface area contributed by atoms with Gasteiger partial charge in [-0.1, -0.05) is 37.3 Å². The topological polar surface area (TPSA) is 90.9 Å². The van der Waals surface area contributed by atoms with Crippen molar-refractivity contribution < 1.29 is 33.5 Å². The first kappa shape index (κ1) is 34.3. The molecule has 1 fully saturated rings. The number of hydrogen-bond donors (Lipinski definition) is 2. The number of methoxy groups -OCH3 is 2. The Morgan fingerprint density at radius 2 is 1.79 bits per heavy atom. The standard InChI is InChI=1S/C33H52N2O7/c1-26(21-38-4)22-40-24-29-8-10-30(11-9-29)33-31(41-23-27(2)36)19-34-20-32(33)42-25-28-7-5-17-39-18-15-35(14-12-28)13-6-16-37-3/h5,7-12,14,17,26-27,31-34,36H,6,13,15-16,18-25H2,1-4H3/b14-12+,17-5+,28-7+/t26-,27?,31+,32-,33?/m0/s1. The molecule has 2 aliphatic rings. The molecule has 1 aromatic carbocycles. The van der Waals surface area contributed by atoms with Crippen LogP contribution in [-0.2, 0) is 35.0 Å². The van der Waals surface area contributed by atoms with Crippen molar-refractivity contribution in [2.45, 2.75) is 51.1 Å². The molecule has 9 heteroatoms. The molecule has 0 bridgehead atoms. The maximum absolute atomic E-state index is 9.91. The van der Waals surface area contributed by atoms with E-state index in [9.17, 15) is 5.11 Å². The van der Waals surface area contributed by atoms with Crippen LogP contribution in [0.25, 0.3) is 0 Å². The zero-order valence-electron chi connectivity index (χ0n) is 25.9. The van der Waals surface area contributed by atoms with E-state index in [-0.39, 0.29) is 24.7 Å². The molecule has 2 unspecified atom stereocenters. The van der Waals surface area contributed by atoms with Gasteiger partial charge in [-0.25, -0.2) is 0 Å². The molecule has 0 aromatic heterocycles. The van der Waals surface area contributed by atoms with Gasteiger partial charge in [0.1, 0.15) is 6.61 Å². The van der Waals surface area contributed by atoms with Gasteiger partial charge in [-0.05, 0) is 48.4 Å². The van der Waals surface area contributed by atoms with Gasteiger partial charge < -0.3 is 43.7 Å². The largest absolute Gasteiger partial charge is 0.499 e. The van der Waals surface area contributed by atoms with E-state index in [1.165, 1.54) is 0 Å². The lowest BCUT2D eigenvalue weighted by atomic mass is 9.85. The number of benzene rings is 1. The van der Waals surface area contributed by atoms with Crippen LogP contribution in [0.5, 0.6) is 0 Å². The van der Waals surface area contributed by atoms with Crippen molar-refractivity contribution >= 4 is 0 Å². The fraction of sp³-hybridized carbons (Fsp3) is 0.636. The molecular weight excluding hydrogens is 536 g/mol. The van der Waals surface area contributed by atoms with Gasteiger partial charge in [0.2, 0.25) is 0 Å². The molecule has 0 saturated carbocycles. The number of hydrogen-bond acceptors (Lipinski definition) is 9. The van der Waals surface area contributed by atoms with Crippen molar-refractivity contribution in [3.05, 3.63) is 71.7 Å². The van der Waals surface area contributed by atoms with Crippen molar-refractivity contribution in [3.63, 3.8) is 0 Å². The smallest absolute Gasteiger partial charge is 0.105 e. The molecule has 0 radical (unpaired) electrons. The molecule has 9 nitrogen and oxygen atoms in total. The SMILES string of the molecule is COCCCN1/C=C/C(CO[C@H]2CNC[C@@H](OCC(C)O)C2c2ccc(COC[C@@H](C)COC)cc2)=C\C=C\OCC1. The number of aliphatic hydroxyl groups excluding tert-OH is 1. The van der Waals surface area contributed by atoms with E-state index in [2.05, 4.69) is 53.7 Å². The van der Waals surface area contributed by atoms with Crippen molar-refractivity contribution in [1.82, 2.24) is 10.2 Å². The van der Waals surface area contributed by atoms with Gasteiger partial charge in [0.05, 0.1) is 64.2 Å². The Morgan fingerprint density at radius 3 is 2.52 bits per heavy atom. The molecule has 0 spiro atoms. The maximum Gasteiger partial charge on any atom is 0.105 e. The number of rotatable bonds is 17. The molecule has 0 amide bonds. The van der Waals surface area contributed by atoms with E-state index in [1.807, 2.05) is 12.2 Å². The Bertz CT molecular complexity index is 950. The van der Waals surface area contributed by atoms with Crippen molar-refractivity contribution in [1.29, 1.82) is 0 Å². The van der Waals surface area contributed by atoms with E-state index in [0.29, 0.717) is 52.0 Å². The second kappa shape index (κ2) is 19.9. The zero-order valence-corrected chi connectivity index (χ0v) is 25.9. The van der Waals surface area contributed by atoms with E-state index >= 15 is 0 Å².